The lowest BCUT2D eigenvalue weighted by Gasteiger charge is -2.09. The lowest BCUT2D eigenvalue weighted by atomic mass is 10.1. The molecule has 0 N–H and O–H groups in total. The molecule has 0 amide bonds. The van der Waals surface area contributed by atoms with Crippen LogP contribution in [-0.2, 0) is 0 Å². The molecule has 0 radical (unpaired) electrons. The second-order valence-electron chi connectivity index (χ2n) is 6.90. The van der Waals surface area contributed by atoms with Gasteiger partial charge >= 0.3 is 0 Å². The Morgan fingerprint density at radius 3 is 2.32 bits per heavy atom. The fourth-order valence-corrected chi connectivity index (χ4v) is 3.92. The average Bonchev–Trinajstić information content (AvgIpc) is 3.32. The molecule has 0 fully saturated rings. The van der Waals surface area contributed by atoms with Gasteiger partial charge in [-0.15, -0.1) is 0 Å². The van der Waals surface area contributed by atoms with Crippen LogP contribution < -0.4 is 0 Å². The van der Waals surface area contributed by atoms with E-state index in [0.29, 0.717) is 0 Å². The van der Waals surface area contributed by atoms with Gasteiger partial charge in [-0.25, -0.2) is 4.98 Å². The molecule has 3 nitrogen and oxygen atoms in total. The van der Waals surface area contributed by atoms with E-state index in [2.05, 4.69) is 71.3 Å². The highest BCUT2D eigenvalue weighted by atomic mass is 16.3. The van der Waals surface area contributed by atoms with Gasteiger partial charge in [0.1, 0.15) is 17.0 Å². The van der Waals surface area contributed by atoms with Crippen LogP contribution in [0.3, 0.4) is 0 Å². The summed E-state index contributed by atoms with van der Waals surface area (Å²) in [6, 6.07) is 33.1. The maximum Gasteiger partial charge on any atom is 0.145 e. The molecule has 132 valence electrons. The van der Waals surface area contributed by atoms with Gasteiger partial charge in [-0.3, -0.25) is 4.57 Å². The zero-order chi connectivity index (χ0) is 18.5. The Labute approximate surface area is 161 Å². The molecule has 0 bridgehead atoms. The minimum atomic E-state index is 0.880. The number of nitrogens with zero attached hydrogens (tertiary/aromatic N) is 2. The quantitative estimate of drug-likeness (QED) is 0.349. The second-order valence-corrected chi connectivity index (χ2v) is 6.90. The number of hydrogen-bond acceptors (Lipinski definition) is 2. The molecule has 28 heavy (non-hydrogen) atoms. The minimum absolute atomic E-state index is 0.880. The third kappa shape index (κ3) is 2.20. The highest BCUT2D eigenvalue weighted by Crippen LogP contribution is 2.34. The summed E-state index contributed by atoms with van der Waals surface area (Å²) in [6.07, 6.45) is 0. The Hall–Kier alpha value is -3.85. The van der Waals surface area contributed by atoms with Crippen molar-refractivity contribution < 1.29 is 4.42 Å². The van der Waals surface area contributed by atoms with Gasteiger partial charge in [0.05, 0.1) is 11.0 Å². The first-order valence-corrected chi connectivity index (χ1v) is 9.33. The van der Waals surface area contributed by atoms with E-state index in [9.17, 15) is 0 Å². The molecule has 0 aliphatic heterocycles. The number of rotatable bonds is 2. The van der Waals surface area contributed by atoms with E-state index in [-0.39, 0.29) is 0 Å². The lowest BCUT2D eigenvalue weighted by molar-refractivity contribution is 0.669. The summed E-state index contributed by atoms with van der Waals surface area (Å²) in [5.74, 6) is 0.912. The first kappa shape index (κ1) is 15.2. The van der Waals surface area contributed by atoms with E-state index in [0.717, 1.165) is 50.0 Å². The van der Waals surface area contributed by atoms with Crippen molar-refractivity contribution in [1.29, 1.82) is 0 Å². The van der Waals surface area contributed by atoms with Crippen molar-refractivity contribution in [2.45, 2.75) is 0 Å². The summed E-state index contributed by atoms with van der Waals surface area (Å²) in [7, 11) is 0. The van der Waals surface area contributed by atoms with E-state index in [1.54, 1.807) is 0 Å². The highest BCUT2D eigenvalue weighted by Gasteiger charge is 2.15. The van der Waals surface area contributed by atoms with Crippen molar-refractivity contribution in [3.8, 4) is 17.1 Å². The van der Waals surface area contributed by atoms with E-state index in [4.69, 9.17) is 9.40 Å². The number of fused-ring (bicyclic) bond motifs is 4. The van der Waals surface area contributed by atoms with Crippen LogP contribution in [0.4, 0.5) is 0 Å². The summed E-state index contributed by atoms with van der Waals surface area (Å²) >= 11 is 0. The van der Waals surface area contributed by atoms with Gasteiger partial charge in [0.25, 0.3) is 0 Å². The average molecular weight is 360 g/mol. The van der Waals surface area contributed by atoms with Crippen molar-refractivity contribution in [1.82, 2.24) is 9.55 Å². The van der Waals surface area contributed by atoms with Crippen LogP contribution in [0.25, 0.3) is 50.0 Å². The summed E-state index contributed by atoms with van der Waals surface area (Å²) in [4.78, 5) is 4.94. The van der Waals surface area contributed by atoms with Crippen LogP contribution in [0.2, 0.25) is 0 Å². The molecule has 0 aliphatic rings. The van der Waals surface area contributed by atoms with E-state index in [1.807, 2.05) is 30.3 Å². The zero-order valence-electron chi connectivity index (χ0n) is 15.0. The maximum absolute atomic E-state index is 6.10. The van der Waals surface area contributed by atoms with Gasteiger partial charge < -0.3 is 4.42 Å². The van der Waals surface area contributed by atoms with Gasteiger partial charge in [0.2, 0.25) is 0 Å². The van der Waals surface area contributed by atoms with Gasteiger partial charge in [0.15, 0.2) is 0 Å². The Morgan fingerprint density at radius 2 is 1.39 bits per heavy atom. The summed E-state index contributed by atoms with van der Waals surface area (Å²) in [5, 5.41) is 2.27. The topological polar surface area (TPSA) is 31.0 Å². The van der Waals surface area contributed by atoms with E-state index in [1.165, 1.54) is 0 Å². The Kier molecular flexibility index (Phi) is 3.17. The number of furan rings is 1. The minimum Gasteiger partial charge on any atom is -0.456 e. The fraction of sp³-hybridized carbons (Fsp3) is 0. The molecule has 6 aromatic rings. The Morgan fingerprint density at radius 1 is 0.643 bits per heavy atom. The third-order valence-electron chi connectivity index (χ3n) is 5.21. The maximum atomic E-state index is 6.10. The SMILES string of the molecule is c1ccc(-n2c(-c3ccc4c(c3)oc3ccccc34)nc3ccccc32)cc1. The summed E-state index contributed by atoms with van der Waals surface area (Å²) in [5.41, 5.74) is 5.98. The summed E-state index contributed by atoms with van der Waals surface area (Å²) < 4.78 is 8.30. The predicted octanol–water partition coefficient (Wildman–Crippen LogP) is 6.59. The normalized spacial score (nSPS) is 11.6. The molecular weight excluding hydrogens is 344 g/mol. The van der Waals surface area contributed by atoms with Crippen LogP contribution in [0.5, 0.6) is 0 Å². The largest absolute Gasteiger partial charge is 0.456 e. The molecule has 0 atom stereocenters. The van der Waals surface area contributed by atoms with Gasteiger partial charge in [-0.2, -0.15) is 0 Å². The Bertz CT molecular complexity index is 1460. The van der Waals surface area contributed by atoms with Gasteiger partial charge in [0, 0.05) is 22.0 Å². The van der Waals surface area contributed by atoms with Crippen molar-refractivity contribution >= 4 is 33.0 Å². The van der Waals surface area contributed by atoms with Gasteiger partial charge in [-0.05, 0) is 42.5 Å². The van der Waals surface area contributed by atoms with Crippen molar-refractivity contribution in [3.63, 3.8) is 0 Å². The molecule has 0 aliphatic carbocycles. The first-order valence-electron chi connectivity index (χ1n) is 9.33. The van der Waals surface area contributed by atoms with Crippen LogP contribution in [-0.4, -0.2) is 9.55 Å². The number of aromatic nitrogens is 2. The molecule has 0 spiro atoms. The molecule has 0 saturated carbocycles. The van der Waals surface area contributed by atoms with Crippen molar-refractivity contribution in [2.24, 2.45) is 0 Å². The molecule has 0 unspecified atom stereocenters. The fourth-order valence-electron chi connectivity index (χ4n) is 3.92. The predicted molar refractivity (Wildman–Crippen MR) is 114 cm³/mol. The van der Waals surface area contributed by atoms with Crippen molar-refractivity contribution in [2.75, 3.05) is 0 Å². The first-order chi connectivity index (χ1) is 13.9. The smallest absolute Gasteiger partial charge is 0.145 e. The number of hydrogen-bond donors (Lipinski definition) is 0. The molecule has 6 rings (SSSR count). The number of imidazole rings is 1. The lowest BCUT2D eigenvalue weighted by Crippen LogP contribution is -1.97. The van der Waals surface area contributed by atoms with Crippen LogP contribution in [0.15, 0.2) is 101 Å². The Balaban J connectivity index is 1.65. The summed E-state index contributed by atoms with van der Waals surface area (Å²) in [6.45, 7) is 0. The molecule has 3 heteroatoms. The second kappa shape index (κ2) is 5.83. The van der Waals surface area contributed by atoms with E-state index >= 15 is 0 Å². The molecule has 2 aromatic heterocycles. The van der Waals surface area contributed by atoms with Crippen LogP contribution >= 0.6 is 0 Å². The van der Waals surface area contributed by atoms with Crippen molar-refractivity contribution in [3.05, 3.63) is 97.1 Å². The molecule has 0 saturated heterocycles. The highest BCUT2D eigenvalue weighted by molar-refractivity contribution is 6.05. The number of para-hydroxylation sites is 4. The van der Waals surface area contributed by atoms with Crippen LogP contribution in [0, 0.1) is 0 Å². The molecule has 2 heterocycles. The number of benzene rings is 4. The monoisotopic (exact) mass is 360 g/mol. The van der Waals surface area contributed by atoms with Gasteiger partial charge in [-0.1, -0.05) is 54.6 Å². The standard InChI is InChI=1S/C25H16N2O/c1-2-8-18(9-3-1)27-22-12-6-5-11-21(22)26-25(27)17-14-15-20-19-10-4-7-13-23(19)28-24(20)16-17/h1-16H. The molecular formula is C25H16N2O. The zero-order valence-corrected chi connectivity index (χ0v) is 15.0. The third-order valence-corrected chi connectivity index (χ3v) is 5.21. The van der Waals surface area contributed by atoms with E-state index < -0.39 is 0 Å². The molecule has 4 aromatic carbocycles. The van der Waals surface area contributed by atoms with Crippen LogP contribution in [0.1, 0.15) is 0 Å².